The van der Waals surface area contributed by atoms with E-state index in [9.17, 15) is 4.79 Å². The number of hydrogen-bond donors (Lipinski definition) is 1. The predicted molar refractivity (Wildman–Crippen MR) is 94.6 cm³/mol. The van der Waals surface area contributed by atoms with E-state index in [-0.39, 0.29) is 5.97 Å². The van der Waals surface area contributed by atoms with Crippen LogP contribution < -0.4 is 0 Å². The predicted octanol–water partition coefficient (Wildman–Crippen LogP) is 1.51. The third-order valence-electron chi connectivity index (χ3n) is 4.39. The Kier molecular flexibility index (Phi) is 6.82. The summed E-state index contributed by atoms with van der Waals surface area (Å²) < 4.78 is 16.0. The number of nitrogens with zero attached hydrogens (tertiary/aromatic N) is 3. The first kappa shape index (κ1) is 18.6. The van der Waals surface area contributed by atoms with Gasteiger partial charge in [0, 0.05) is 38.3 Å². The van der Waals surface area contributed by atoms with Gasteiger partial charge in [-0.1, -0.05) is 0 Å². The van der Waals surface area contributed by atoms with E-state index in [1.807, 2.05) is 12.1 Å². The van der Waals surface area contributed by atoms with E-state index in [1.165, 1.54) is 0 Å². The van der Waals surface area contributed by atoms with Crippen molar-refractivity contribution in [3.63, 3.8) is 0 Å². The molecule has 0 amide bonds. The number of hydrogen-bond acceptors (Lipinski definition) is 7. The molecule has 1 aliphatic heterocycles. The van der Waals surface area contributed by atoms with Crippen LogP contribution in [0.4, 0.5) is 0 Å². The van der Waals surface area contributed by atoms with Gasteiger partial charge >= 0.3 is 5.97 Å². The van der Waals surface area contributed by atoms with Gasteiger partial charge in [-0.05, 0) is 19.1 Å². The SMILES string of the molecule is CCOC(=O)c1[nH]ncc1CN(CCN1CCOCC1)Cc1ccco1. The van der Waals surface area contributed by atoms with E-state index < -0.39 is 0 Å². The van der Waals surface area contributed by atoms with Crippen molar-refractivity contribution in [1.29, 1.82) is 0 Å². The molecule has 0 radical (unpaired) electrons. The van der Waals surface area contributed by atoms with E-state index in [0.29, 0.717) is 25.4 Å². The van der Waals surface area contributed by atoms with Gasteiger partial charge in [-0.15, -0.1) is 0 Å². The number of carbonyl (C=O) groups is 1. The Morgan fingerprint density at radius 3 is 2.96 bits per heavy atom. The summed E-state index contributed by atoms with van der Waals surface area (Å²) in [6.45, 7) is 8.66. The van der Waals surface area contributed by atoms with Crippen molar-refractivity contribution in [3.8, 4) is 0 Å². The minimum Gasteiger partial charge on any atom is -0.468 e. The maximum atomic E-state index is 12.1. The standard InChI is InChI=1S/C18H26N4O4/c1-2-25-18(23)17-15(12-19-20-17)13-22(14-16-4-3-9-26-16)6-5-21-7-10-24-11-8-21/h3-4,9,12H,2,5-8,10-11,13-14H2,1H3,(H,19,20). The third-order valence-corrected chi connectivity index (χ3v) is 4.39. The van der Waals surface area contributed by atoms with Crippen LogP contribution in [-0.4, -0.2) is 72.0 Å². The fourth-order valence-corrected chi connectivity index (χ4v) is 3.00. The number of esters is 1. The van der Waals surface area contributed by atoms with Crippen LogP contribution in [-0.2, 0) is 22.6 Å². The maximum absolute atomic E-state index is 12.1. The van der Waals surface area contributed by atoms with E-state index in [1.54, 1.807) is 19.4 Å². The van der Waals surface area contributed by atoms with E-state index in [0.717, 1.165) is 50.7 Å². The van der Waals surface area contributed by atoms with Gasteiger partial charge in [-0.2, -0.15) is 5.10 Å². The van der Waals surface area contributed by atoms with Crippen molar-refractivity contribution in [1.82, 2.24) is 20.0 Å². The average Bonchev–Trinajstić information content (AvgIpc) is 3.33. The van der Waals surface area contributed by atoms with E-state index in [2.05, 4.69) is 20.0 Å². The van der Waals surface area contributed by atoms with Crippen LogP contribution in [0.15, 0.2) is 29.0 Å². The number of H-pyrrole nitrogens is 1. The molecule has 0 aliphatic carbocycles. The zero-order valence-electron chi connectivity index (χ0n) is 15.1. The van der Waals surface area contributed by atoms with Crippen molar-refractivity contribution >= 4 is 5.97 Å². The maximum Gasteiger partial charge on any atom is 0.356 e. The lowest BCUT2D eigenvalue weighted by Crippen LogP contribution is -2.41. The normalized spacial score (nSPS) is 15.5. The first-order valence-corrected chi connectivity index (χ1v) is 9.00. The molecule has 0 saturated carbocycles. The van der Waals surface area contributed by atoms with Crippen molar-refractivity contribution in [2.24, 2.45) is 0 Å². The smallest absolute Gasteiger partial charge is 0.356 e. The molecule has 142 valence electrons. The van der Waals surface area contributed by atoms with E-state index in [4.69, 9.17) is 13.9 Å². The topological polar surface area (TPSA) is 83.8 Å². The number of carbonyl (C=O) groups excluding carboxylic acids is 1. The van der Waals surface area contributed by atoms with Gasteiger partial charge in [0.25, 0.3) is 0 Å². The molecular formula is C18H26N4O4. The van der Waals surface area contributed by atoms with Crippen LogP contribution in [0.3, 0.4) is 0 Å². The summed E-state index contributed by atoms with van der Waals surface area (Å²) in [4.78, 5) is 16.7. The second-order valence-corrected chi connectivity index (χ2v) is 6.23. The molecule has 8 heteroatoms. The Labute approximate surface area is 153 Å². The van der Waals surface area contributed by atoms with Crippen LogP contribution in [0, 0.1) is 0 Å². The number of aromatic amines is 1. The number of furan rings is 1. The van der Waals surface area contributed by atoms with Gasteiger partial charge in [-0.25, -0.2) is 4.79 Å². The average molecular weight is 362 g/mol. The van der Waals surface area contributed by atoms with Gasteiger partial charge in [0.1, 0.15) is 11.5 Å². The number of morpholine rings is 1. The lowest BCUT2D eigenvalue weighted by Gasteiger charge is -2.29. The van der Waals surface area contributed by atoms with Gasteiger partial charge < -0.3 is 13.9 Å². The highest BCUT2D eigenvalue weighted by atomic mass is 16.5. The molecule has 3 heterocycles. The molecule has 0 bridgehead atoms. The Morgan fingerprint density at radius 1 is 1.38 bits per heavy atom. The summed E-state index contributed by atoms with van der Waals surface area (Å²) in [6, 6.07) is 3.85. The number of aromatic nitrogens is 2. The molecule has 2 aromatic rings. The summed E-state index contributed by atoms with van der Waals surface area (Å²) in [6.07, 6.45) is 3.37. The van der Waals surface area contributed by atoms with Crippen molar-refractivity contribution < 1.29 is 18.7 Å². The summed E-state index contributed by atoms with van der Waals surface area (Å²) in [5.41, 5.74) is 1.25. The molecule has 1 saturated heterocycles. The Morgan fingerprint density at radius 2 is 2.23 bits per heavy atom. The van der Waals surface area contributed by atoms with Gasteiger partial charge in [0.15, 0.2) is 0 Å². The lowest BCUT2D eigenvalue weighted by molar-refractivity contribution is 0.0320. The lowest BCUT2D eigenvalue weighted by atomic mass is 10.2. The van der Waals surface area contributed by atoms with Gasteiger partial charge in [0.2, 0.25) is 0 Å². The van der Waals surface area contributed by atoms with Crippen molar-refractivity contribution in [2.45, 2.75) is 20.0 Å². The monoisotopic (exact) mass is 362 g/mol. The summed E-state index contributed by atoms with van der Waals surface area (Å²) in [7, 11) is 0. The molecule has 0 atom stereocenters. The molecule has 1 N–H and O–H groups in total. The van der Waals surface area contributed by atoms with Crippen LogP contribution in [0.5, 0.6) is 0 Å². The quantitative estimate of drug-likeness (QED) is 0.677. The first-order valence-electron chi connectivity index (χ1n) is 9.00. The number of rotatable bonds is 9. The molecular weight excluding hydrogens is 336 g/mol. The fraction of sp³-hybridized carbons (Fsp3) is 0.556. The molecule has 0 spiro atoms. The second-order valence-electron chi connectivity index (χ2n) is 6.23. The summed E-state index contributed by atoms with van der Waals surface area (Å²) in [5.74, 6) is 0.527. The minimum absolute atomic E-state index is 0.338. The molecule has 1 fully saturated rings. The highest BCUT2D eigenvalue weighted by Crippen LogP contribution is 2.14. The van der Waals surface area contributed by atoms with Crippen LogP contribution in [0.25, 0.3) is 0 Å². The molecule has 3 rings (SSSR count). The molecule has 8 nitrogen and oxygen atoms in total. The first-order chi connectivity index (χ1) is 12.8. The summed E-state index contributed by atoms with van der Waals surface area (Å²) in [5, 5.41) is 6.78. The summed E-state index contributed by atoms with van der Waals surface area (Å²) >= 11 is 0. The second kappa shape index (κ2) is 9.51. The van der Waals surface area contributed by atoms with Crippen LogP contribution >= 0.6 is 0 Å². The minimum atomic E-state index is -0.369. The molecule has 2 aromatic heterocycles. The fourth-order valence-electron chi connectivity index (χ4n) is 3.00. The zero-order chi connectivity index (χ0) is 18.2. The third kappa shape index (κ3) is 5.17. The highest BCUT2D eigenvalue weighted by molar-refractivity contribution is 5.88. The Hall–Kier alpha value is -2.16. The molecule has 0 aromatic carbocycles. The number of nitrogens with one attached hydrogen (secondary N) is 1. The molecule has 0 unspecified atom stereocenters. The zero-order valence-corrected chi connectivity index (χ0v) is 15.1. The van der Waals surface area contributed by atoms with Gasteiger partial charge in [-0.3, -0.25) is 14.9 Å². The van der Waals surface area contributed by atoms with Crippen molar-refractivity contribution in [2.75, 3.05) is 46.0 Å². The van der Waals surface area contributed by atoms with Gasteiger partial charge in [0.05, 0.1) is 38.8 Å². The Bertz CT molecular complexity index is 665. The Balaban J connectivity index is 1.65. The largest absolute Gasteiger partial charge is 0.468 e. The van der Waals surface area contributed by atoms with E-state index >= 15 is 0 Å². The van der Waals surface area contributed by atoms with Crippen molar-refractivity contribution in [3.05, 3.63) is 41.6 Å². The highest BCUT2D eigenvalue weighted by Gasteiger charge is 2.19. The van der Waals surface area contributed by atoms with Crippen LogP contribution in [0.1, 0.15) is 28.7 Å². The molecule has 1 aliphatic rings. The molecule has 26 heavy (non-hydrogen) atoms. The van der Waals surface area contributed by atoms with Crippen LogP contribution in [0.2, 0.25) is 0 Å². The number of ether oxygens (including phenoxy) is 2.